The minimum Gasteiger partial charge on any atom is -0.459 e. The number of esters is 4. The molecule has 0 bridgehead atoms. The summed E-state index contributed by atoms with van der Waals surface area (Å²) in [5.41, 5.74) is -4.71. The summed E-state index contributed by atoms with van der Waals surface area (Å²) in [6.07, 6.45) is 0.825. The van der Waals surface area contributed by atoms with Gasteiger partial charge in [-0.05, 0) is 144 Å². The zero-order valence-electron chi connectivity index (χ0n) is 48.5. The summed E-state index contributed by atoms with van der Waals surface area (Å²) in [5.74, 6) is -11.6. The van der Waals surface area contributed by atoms with Gasteiger partial charge in [0, 0.05) is 22.3 Å². The highest BCUT2D eigenvalue weighted by atomic mass is 32.1. The molecule has 1 unspecified atom stereocenters. The van der Waals surface area contributed by atoms with Crippen molar-refractivity contribution in [2.75, 3.05) is 0 Å². The lowest BCUT2D eigenvalue weighted by Crippen LogP contribution is -2.47. The van der Waals surface area contributed by atoms with Crippen molar-refractivity contribution < 1.29 is 75.2 Å². The van der Waals surface area contributed by atoms with Gasteiger partial charge in [0.25, 0.3) is 0 Å². The Morgan fingerprint density at radius 1 is 0.426 bits per heavy atom. The van der Waals surface area contributed by atoms with Crippen LogP contribution in [0, 0.1) is 23.3 Å². The molecule has 4 aliphatic carbocycles. The predicted octanol–water partition coefficient (Wildman–Crippen LogP) is 13.7. The van der Waals surface area contributed by atoms with E-state index in [-0.39, 0.29) is 129 Å². The smallest absolute Gasteiger partial charge is 0.334 e. The molecule has 2 heterocycles. The maximum Gasteiger partial charge on any atom is 0.334 e. The number of hydrogen-bond acceptors (Lipinski definition) is 16. The first-order valence-electron chi connectivity index (χ1n) is 29.2. The van der Waals surface area contributed by atoms with Crippen molar-refractivity contribution in [3.63, 3.8) is 0 Å². The summed E-state index contributed by atoms with van der Waals surface area (Å²) < 4.78 is 82.8. The predicted molar refractivity (Wildman–Crippen MR) is 337 cm³/mol. The van der Waals surface area contributed by atoms with Crippen LogP contribution in [0.15, 0.2) is 193 Å². The Labute approximate surface area is 537 Å². The summed E-state index contributed by atoms with van der Waals surface area (Å²) in [4.78, 5) is 117. The molecule has 460 valence electrons. The van der Waals surface area contributed by atoms with Gasteiger partial charge in [0.1, 0.15) is 42.5 Å². The van der Waals surface area contributed by atoms with Gasteiger partial charge in [-0.25, -0.2) is 27.5 Å². The van der Waals surface area contributed by atoms with Crippen LogP contribution in [0.3, 0.4) is 0 Å². The van der Waals surface area contributed by atoms with Gasteiger partial charge in [-0.2, -0.15) is 0 Å². The van der Waals surface area contributed by atoms with Crippen LogP contribution in [-0.2, 0) is 75.4 Å². The first-order valence-corrected chi connectivity index (χ1v) is 30.8. The van der Waals surface area contributed by atoms with Crippen molar-refractivity contribution in [2.24, 2.45) is 0 Å². The number of ether oxygens (including phenoxy) is 4. The molecule has 1 atom stereocenters. The molecule has 14 nitrogen and oxygen atoms in total. The van der Waals surface area contributed by atoms with Crippen LogP contribution in [0.4, 0.5) is 17.6 Å². The maximum absolute atomic E-state index is 15.9. The average Bonchev–Trinajstić information content (AvgIpc) is 1.51. The quantitative estimate of drug-likeness (QED) is 0.0269. The van der Waals surface area contributed by atoms with E-state index in [2.05, 4.69) is 0 Å². The lowest BCUT2D eigenvalue weighted by molar-refractivity contribution is -0.166. The molecule has 0 amide bonds. The second kappa shape index (κ2) is 22.9. The Hall–Kier alpha value is -11.2. The van der Waals surface area contributed by atoms with E-state index < -0.39 is 87.0 Å². The van der Waals surface area contributed by atoms with E-state index in [0.29, 0.717) is 22.3 Å². The number of fused-ring (bicyclic) bond motifs is 10. The summed E-state index contributed by atoms with van der Waals surface area (Å²) in [6.45, 7) is -1.52. The molecule has 0 spiro atoms. The van der Waals surface area contributed by atoms with E-state index in [1.54, 1.807) is 121 Å². The normalized spacial score (nSPS) is 15.5. The molecule has 0 radical (unpaired) electrons. The lowest BCUT2D eigenvalue weighted by atomic mass is 9.76. The number of ketones is 3. The topological polar surface area (TPSA) is 202 Å². The fourth-order valence-electron chi connectivity index (χ4n) is 12.6. The van der Waals surface area contributed by atoms with Crippen LogP contribution in [0.1, 0.15) is 97.5 Å². The first kappa shape index (κ1) is 59.1. The largest absolute Gasteiger partial charge is 0.459 e. The van der Waals surface area contributed by atoms with Crippen molar-refractivity contribution >= 4 is 97.6 Å². The van der Waals surface area contributed by atoms with Crippen LogP contribution < -0.4 is 0 Å². The standard InChI is InChI=1S/C74H42F4N2O12S2/c75-55-25-41-21-45-46(22-42(41)26-56(55)76)62(82)51(61(45)81)31-59-79-67-65(93-59)49-30-54-50(29-53(49)73(67,69(85)89-33-37-13-5-1-6-14-37)70(86)90-34-38-15-7-2-8-16-38)66-68(74(54,71(87)91-35-39-17-9-3-10-18-39)72(88)92-36-40-19-11-4-12-20-40)80-60(94-66)32-52-63(83)47-23-43-27-57(77)58(78)28-44(43)24-48(47)64(52)84/h1-32,61,81H,33-36H2/b51-31-. The summed E-state index contributed by atoms with van der Waals surface area (Å²) in [7, 11) is 0. The Balaban J connectivity index is 0.951. The molecule has 20 heteroatoms. The molecule has 11 aromatic rings. The fraction of sp³-hybridized carbons (Fsp3) is 0.0946. The molecule has 2 aromatic heterocycles. The molecule has 0 saturated heterocycles. The van der Waals surface area contributed by atoms with Crippen molar-refractivity contribution in [1.82, 2.24) is 9.97 Å². The highest BCUT2D eigenvalue weighted by molar-refractivity contribution is 7.17. The number of carbonyl (C=O) groups is 7. The number of nitrogens with zero attached hydrogens (tertiary/aromatic N) is 2. The SMILES string of the molecule is O=C1C(=Cc2nc3c(s2)-c2cc4c(cc2C3(C(=O)OCc2ccccc2)C(=O)OCc2ccccc2)-c2sc(/C=C3\C(=O)c5cc6cc(F)c(F)cc6cc5C3O)nc2C4(C(=O)OCc2ccccc2)C(=O)OCc2ccccc2)C(=O)c2cc3cc(F)c(F)cc3cc21. The van der Waals surface area contributed by atoms with Crippen molar-refractivity contribution in [2.45, 2.75) is 43.4 Å². The van der Waals surface area contributed by atoms with Gasteiger partial charge in [0.05, 0.1) is 26.7 Å². The molecule has 0 aliphatic heterocycles. The van der Waals surface area contributed by atoms with Crippen LogP contribution in [0.2, 0.25) is 0 Å². The number of hydrogen-bond donors (Lipinski definition) is 1. The monoisotopic (exact) mass is 1290 g/mol. The number of aliphatic hydroxyl groups excluding tert-OH is 1. The number of Topliss-reactive ketones (excluding diaryl/α,β-unsaturated/α-hetero) is 3. The number of aliphatic hydroxyl groups is 1. The molecule has 9 aromatic carbocycles. The first-order chi connectivity index (χ1) is 45.5. The second-order valence-electron chi connectivity index (χ2n) is 22.8. The molecule has 1 N–H and O–H groups in total. The van der Waals surface area contributed by atoms with Crippen LogP contribution in [0.25, 0.3) is 54.6 Å². The Morgan fingerprint density at radius 2 is 0.755 bits per heavy atom. The Kier molecular flexibility index (Phi) is 14.4. The van der Waals surface area contributed by atoms with E-state index in [1.807, 2.05) is 0 Å². The van der Waals surface area contributed by atoms with E-state index >= 15 is 19.2 Å². The van der Waals surface area contributed by atoms with Crippen LogP contribution in [0.5, 0.6) is 0 Å². The summed E-state index contributed by atoms with van der Waals surface area (Å²) in [5, 5.41) is 12.5. The van der Waals surface area contributed by atoms with E-state index in [0.717, 1.165) is 46.9 Å². The van der Waals surface area contributed by atoms with Crippen LogP contribution >= 0.6 is 22.7 Å². The fourth-order valence-corrected chi connectivity index (χ4v) is 14.8. The van der Waals surface area contributed by atoms with Crippen molar-refractivity contribution in [1.29, 1.82) is 0 Å². The number of halogens is 4. The zero-order valence-corrected chi connectivity index (χ0v) is 50.2. The third-order valence-electron chi connectivity index (χ3n) is 17.2. The minimum atomic E-state index is -2.70. The number of rotatable bonds is 14. The minimum absolute atomic E-state index is 0.00324. The van der Waals surface area contributed by atoms with Gasteiger partial charge in [0.2, 0.25) is 10.8 Å². The Morgan fingerprint density at radius 3 is 1.12 bits per heavy atom. The highest BCUT2D eigenvalue weighted by Crippen LogP contribution is 2.60. The molecule has 94 heavy (non-hydrogen) atoms. The Bertz CT molecular complexity index is 5030. The number of allylic oxidation sites excluding steroid dienone is 1. The van der Waals surface area contributed by atoms with Crippen LogP contribution in [-0.4, -0.2) is 56.3 Å². The van der Waals surface area contributed by atoms with Gasteiger partial charge in [-0.1, -0.05) is 121 Å². The maximum atomic E-state index is 15.9. The zero-order chi connectivity index (χ0) is 64.9. The number of carbonyl (C=O) groups excluding carboxylic acids is 7. The van der Waals surface area contributed by atoms with Gasteiger partial charge in [0.15, 0.2) is 40.6 Å². The average molecular weight is 1290 g/mol. The lowest BCUT2D eigenvalue weighted by Gasteiger charge is -2.28. The molecule has 0 saturated carbocycles. The van der Waals surface area contributed by atoms with Crippen molar-refractivity contribution in [3.8, 4) is 20.9 Å². The van der Waals surface area contributed by atoms with Crippen molar-refractivity contribution in [3.05, 3.63) is 293 Å². The number of thiazole rings is 2. The highest BCUT2D eigenvalue weighted by Gasteiger charge is 2.65. The molecular weight excluding hydrogens is 1250 g/mol. The van der Waals surface area contributed by atoms with E-state index in [4.69, 9.17) is 28.9 Å². The molecule has 15 rings (SSSR count). The molecular formula is C74H42F4N2O12S2. The second-order valence-corrected chi connectivity index (χ2v) is 24.8. The number of benzene rings is 9. The summed E-state index contributed by atoms with van der Waals surface area (Å²) in [6, 6.07) is 46.2. The third kappa shape index (κ3) is 9.50. The number of aromatic nitrogens is 2. The molecule has 0 fully saturated rings. The van der Waals surface area contributed by atoms with Gasteiger partial charge >= 0.3 is 23.9 Å². The molecule has 4 aliphatic rings. The van der Waals surface area contributed by atoms with E-state index in [9.17, 15) is 37.1 Å². The van der Waals surface area contributed by atoms with Gasteiger partial charge in [-0.15, -0.1) is 22.7 Å². The van der Waals surface area contributed by atoms with Gasteiger partial charge in [-0.3, -0.25) is 33.6 Å². The third-order valence-corrected chi connectivity index (χ3v) is 19.3. The summed E-state index contributed by atoms with van der Waals surface area (Å²) >= 11 is 1.70. The van der Waals surface area contributed by atoms with Gasteiger partial charge < -0.3 is 24.1 Å². The van der Waals surface area contributed by atoms with E-state index in [1.165, 1.54) is 48.6 Å².